The van der Waals surface area contributed by atoms with Crippen LogP contribution in [0.4, 0.5) is 15.8 Å². The Hall–Kier alpha value is -2.15. The molecule has 1 unspecified atom stereocenters. The molecule has 2 amide bonds. The van der Waals surface area contributed by atoms with E-state index in [1.807, 2.05) is 0 Å². The Morgan fingerprint density at radius 1 is 1.04 bits per heavy atom. The number of benzene rings is 2. The quantitative estimate of drug-likeness (QED) is 0.700. The summed E-state index contributed by atoms with van der Waals surface area (Å²) in [7, 11) is 1.74. The number of hydrogen-bond donors (Lipinski definition) is 3. The third-order valence-electron chi connectivity index (χ3n) is 3.83. The lowest BCUT2D eigenvalue weighted by Crippen LogP contribution is -3.14. The molecule has 0 bridgehead atoms. The number of nitrogens with one attached hydrogen (secondary N) is 3. The van der Waals surface area contributed by atoms with Gasteiger partial charge in [-0.05, 0) is 49.4 Å². The van der Waals surface area contributed by atoms with Crippen LogP contribution in [-0.4, -0.2) is 31.4 Å². The average molecular weight is 399 g/mol. The molecule has 0 aliphatic rings. The first-order chi connectivity index (χ1) is 12.2. The van der Waals surface area contributed by atoms with Gasteiger partial charge in [0.05, 0.1) is 7.05 Å². The molecule has 2 aromatic rings. The SMILES string of the molecule is C[C@@H](C(=O)Nc1cc(Cl)cc(Cl)c1)[NH+](C)CC(=O)Nc1ccc(F)cc1. The van der Waals surface area contributed by atoms with Crippen molar-refractivity contribution in [3.63, 3.8) is 0 Å². The van der Waals surface area contributed by atoms with Crippen LogP contribution in [0.5, 0.6) is 0 Å². The standard InChI is InChI=1S/C18H18Cl2FN3O2/c1-11(18(26)23-16-8-12(19)7-13(20)9-16)24(2)10-17(25)22-15-5-3-14(21)4-6-15/h3-9,11H,10H2,1-2H3,(H,22,25)(H,23,26)/p+1/t11-/m0/s1. The summed E-state index contributed by atoms with van der Waals surface area (Å²) in [6.45, 7) is 1.78. The van der Waals surface area contributed by atoms with Crippen molar-refractivity contribution in [2.24, 2.45) is 0 Å². The molecule has 0 aliphatic carbocycles. The van der Waals surface area contributed by atoms with E-state index in [1.54, 1.807) is 32.2 Å². The number of anilines is 2. The number of amides is 2. The highest BCUT2D eigenvalue weighted by Crippen LogP contribution is 2.22. The molecular formula is C18H19Cl2FN3O2+. The monoisotopic (exact) mass is 398 g/mol. The number of likely N-dealkylation sites (N-methyl/N-ethyl adjacent to an activating group) is 1. The third kappa shape index (κ3) is 5.98. The Bertz CT molecular complexity index is 779. The fourth-order valence-corrected chi connectivity index (χ4v) is 2.77. The molecule has 3 N–H and O–H groups in total. The van der Waals surface area contributed by atoms with Gasteiger partial charge in [0.15, 0.2) is 12.6 Å². The van der Waals surface area contributed by atoms with Crippen molar-refractivity contribution in [1.29, 1.82) is 0 Å². The smallest absolute Gasteiger partial charge is 0.282 e. The van der Waals surface area contributed by atoms with Gasteiger partial charge in [0.2, 0.25) is 0 Å². The van der Waals surface area contributed by atoms with E-state index in [0.717, 1.165) is 0 Å². The van der Waals surface area contributed by atoms with Crippen LogP contribution in [0.1, 0.15) is 6.92 Å². The maximum atomic E-state index is 12.9. The first kappa shape index (κ1) is 20.2. The second kappa shape index (κ2) is 8.98. The summed E-state index contributed by atoms with van der Waals surface area (Å²) in [5.41, 5.74) is 0.984. The van der Waals surface area contributed by atoms with Crippen molar-refractivity contribution >= 4 is 46.4 Å². The van der Waals surface area contributed by atoms with E-state index in [-0.39, 0.29) is 24.2 Å². The third-order valence-corrected chi connectivity index (χ3v) is 4.27. The van der Waals surface area contributed by atoms with Gasteiger partial charge >= 0.3 is 0 Å². The van der Waals surface area contributed by atoms with Crippen molar-refractivity contribution in [3.8, 4) is 0 Å². The molecule has 2 rings (SSSR count). The molecule has 26 heavy (non-hydrogen) atoms. The van der Waals surface area contributed by atoms with Gasteiger partial charge in [0, 0.05) is 21.4 Å². The van der Waals surface area contributed by atoms with Crippen molar-refractivity contribution in [3.05, 3.63) is 58.3 Å². The maximum Gasteiger partial charge on any atom is 0.282 e. The summed E-state index contributed by atoms with van der Waals surface area (Å²) < 4.78 is 12.9. The van der Waals surface area contributed by atoms with Crippen molar-refractivity contribution < 1.29 is 18.9 Å². The summed E-state index contributed by atoms with van der Waals surface area (Å²) in [6.07, 6.45) is 0. The Balaban J connectivity index is 1.90. The summed E-state index contributed by atoms with van der Waals surface area (Å²) in [5.74, 6) is -0.924. The Labute approximate surface area is 161 Å². The fourth-order valence-electron chi connectivity index (χ4n) is 2.25. The predicted octanol–water partition coefficient (Wildman–Crippen LogP) is 2.61. The van der Waals surface area contributed by atoms with E-state index in [1.165, 1.54) is 24.3 Å². The van der Waals surface area contributed by atoms with Gasteiger partial charge in [-0.2, -0.15) is 0 Å². The Morgan fingerprint density at radius 2 is 1.62 bits per heavy atom. The zero-order chi connectivity index (χ0) is 19.3. The van der Waals surface area contributed by atoms with Gasteiger partial charge in [0.1, 0.15) is 5.82 Å². The van der Waals surface area contributed by atoms with Crippen molar-refractivity contribution in [2.75, 3.05) is 24.2 Å². The highest BCUT2D eigenvalue weighted by molar-refractivity contribution is 6.35. The predicted molar refractivity (Wildman–Crippen MR) is 101 cm³/mol. The molecule has 8 heteroatoms. The number of carbonyl (C=O) groups excluding carboxylic acids is 2. The summed E-state index contributed by atoms with van der Waals surface area (Å²) in [5, 5.41) is 6.23. The van der Waals surface area contributed by atoms with Crippen LogP contribution in [0.2, 0.25) is 10.0 Å². The number of halogens is 3. The molecule has 0 saturated heterocycles. The largest absolute Gasteiger partial charge is 0.321 e. The normalized spacial score (nSPS) is 13.0. The molecule has 2 aromatic carbocycles. The van der Waals surface area contributed by atoms with Crippen LogP contribution < -0.4 is 15.5 Å². The minimum absolute atomic E-state index is 0.0717. The molecule has 0 radical (unpaired) electrons. The maximum absolute atomic E-state index is 12.9. The minimum Gasteiger partial charge on any atom is -0.321 e. The molecule has 0 aliphatic heterocycles. The summed E-state index contributed by atoms with van der Waals surface area (Å²) in [6, 6.07) is 9.73. The van der Waals surface area contributed by atoms with Crippen LogP contribution in [0.25, 0.3) is 0 Å². The first-order valence-electron chi connectivity index (χ1n) is 7.89. The van der Waals surface area contributed by atoms with Crippen LogP contribution in [0.3, 0.4) is 0 Å². The molecule has 138 valence electrons. The van der Waals surface area contributed by atoms with Crippen molar-refractivity contribution in [2.45, 2.75) is 13.0 Å². The summed E-state index contributed by atoms with van der Waals surface area (Å²) in [4.78, 5) is 25.1. The van der Waals surface area contributed by atoms with E-state index in [9.17, 15) is 14.0 Å². The second-order valence-electron chi connectivity index (χ2n) is 5.95. The van der Waals surface area contributed by atoms with E-state index < -0.39 is 6.04 Å². The topological polar surface area (TPSA) is 62.6 Å². The zero-order valence-electron chi connectivity index (χ0n) is 14.3. The lowest BCUT2D eigenvalue weighted by molar-refractivity contribution is -0.885. The second-order valence-corrected chi connectivity index (χ2v) is 6.82. The van der Waals surface area contributed by atoms with Crippen LogP contribution >= 0.6 is 23.2 Å². The number of quaternary nitrogens is 1. The molecule has 0 heterocycles. The average Bonchev–Trinajstić information content (AvgIpc) is 2.55. The minimum atomic E-state index is -0.494. The number of carbonyl (C=O) groups is 2. The molecule has 0 spiro atoms. The lowest BCUT2D eigenvalue weighted by atomic mass is 10.2. The molecule has 5 nitrogen and oxygen atoms in total. The number of hydrogen-bond acceptors (Lipinski definition) is 2. The molecule has 0 saturated carbocycles. The highest BCUT2D eigenvalue weighted by Gasteiger charge is 2.24. The Kier molecular flexibility index (Phi) is 6.97. The lowest BCUT2D eigenvalue weighted by Gasteiger charge is -2.20. The van der Waals surface area contributed by atoms with Gasteiger partial charge in [-0.1, -0.05) is 23.2 Å². The molecule has 2 atom stereocenters. The zero-order valence-corrected chi connectivity index (χ0v) is 15.8. The van der Waals surface area contributed by atoms with E-state index in [4.69, 9.17) is 23.2 Å². The first-order valence-corrected chi connectivity index (χ1v) is 8.65. The van der Waals surface area contributed by atoms with Gasteiger partial charge in [-0.25, -0.2) is 4.39 Å². The van der Waals surface area contributed by atoms with Crippen LogP contribution in [-0.2, 0) is 9.59 Å². The van der Waals surface area contributed by atoms with Gasteiger partial charge in [-0.3, -0.25) is 9.59 Å². The molecular weight excluding hydrogens is 380 g/mol. The van der Waals surface area contributed by atoms with E-state index >= 15 is 0 Å². The molecule has 0 aromatic heterocycles. The van der Waals surface area contributed by atoms with Gasteiger partial charge < -0.3 is 15.5 Å². The van der Waals surface area contributed by atoms with E-state index in [0.29, 0.717) is 26.3 Å². The number of rotatable bonds is 6. The van der Waals surface area contributed by atoms with E-state index in [2.05, 4.69) is 10.6 Å². The van der Waals surface area contributed by atoms with Crippen LogP contribution in [0.15, 0.2) is 42.5 Å². The van der Waals surface area contributed by atoms with Gasteiger partial charge in [-0.15, -0.1) is 0 Å². The van der Waals surface area contributed by atoms with Crippen LogP contribution in [0, 0.1) is 5.82 Å². The van der Waals surface area contributed by atoms with Crippen molar-refractivity contribution in [1.82, 2.24) is 0 Å². The fraction of sp³-hybridized carbons (Fsp3) is 0.222. The molecule has 0 fully saturated rings. The van der Waals surface area contributed by atoms with Gasteiger partial charge in [0.25, 0.3) is 11.8 Å². The highest BCUT2D eigenvalue weighted by atomic mass is 35.5. The summed E-state index contributed by atoms with van der Waals surface area (Å²) >= 11 is 11.8. The Morgan fingerprint density at radius 3 is 2.19 bits per heavy atom.